The highest BCUT2D eigenvalue weighted by atomic mass is 15.1. The van der Waals surface area contributed by atoms with Crippen molar-refractivity contribution in [1.29, 1.82) is 0 Å². The van der Waals surface area contributed by atoms with E-state index in [1.165, 1.54) is 25.9 Å². The first kappa shape index (κ1) is 11.9. The van der Waals surface area contributed by atoms with Crippen LogP contribution in [0.3, 0.4) is 0 Å². The van der Waals surface area contributed by atoms with Gasteiger partial charge >= 0.3 is 0 Å². The summed E-state index contributed by atoms with van der Waals surface area (Å²) in [5.74, 6) is 0. The van der Waals surface area contributed by atoms with Crippen LogP contribution < -0.4 is 5.32 Å². The van der Waals surface area contributed by atoms with E-state index in [1.54, 1.807) is 0 Å². The minimum absolute atomic E-state index is 0. The molecule has 0 bridgehead atoms. The maximum absolute atomic E-state index is 3.58. The summed E-state index contributed by atoms with van der Waals surface area (Å²) in [7, 11) is 2.20. The third kappa shape index (κ3) is 4.07. The molecule has 1 fully saturated rings. The van der Waals surface area contributed by atoms with Crippen LogP contribution in [0.1, 0.15) is 34.1 Å². The molecule has 1 aliphatic rings. The minimum atomic E-state index is 0. The van der Waals surface area contributed by atoms with Crippen molar-refractivity contribution in [3.05, 3.63) is 0 Å². The van der Waals surface area contributed by atoms with E-state index in [9.17, 15) is 0 Å². The highest BCUT2D eigenvalue weighted by molar-refractivity contribution is 4.76. The molecule has 0 aliphatic carbocycles. The zero-order valence-electron chi connectivity index (χ0n) is 7.93. The molecule has 0 radical (unpaired) electrons. The number of rotatable bonds is 2. The van der Waals surface area contributed by atoms with E-state index in [-0.39, 0.29) is 7.43 Å². The van der Waals surface area contributed by atoms with Gasteiger partial charge in [0.25, 0.3) is 0 Å². The molecule has 0 atom stereocenters. The van der Waals surface area contributed by atoms with Gasteiger partial charge in [0.1, 0.15) is 0 Å². The highest BCUT2D eigenvalue weighted by Gasteiger charge is 2.16. The molecule has 1 heterocycles. The van der Waals surface area contributed by atoms with Crippen molar-refractivity contribution in [3.8, 4) is 0 Å². The third-order valence-corrected chi connectivity index (χ3v) is 2.29. The van der Waals surface area contributed by atoms with Gasteiger partial charge in [-0.2, -0.15) is 0 Å². The second-order valence-corrected chi connectivity index (χ2v) is 3.90. The normalized spacial score (nSPS) is 21.0. The highest BCUT2D eigenvalue weighted by Crippen LogP contribution is 2.08. The third-order valence-electron chi connectivity index (χ3n) is 2.29. The molecule has 1 rings (SSSR count). The smallest absolute Gasteiger partial charge is 0.00937 e. The number of hydrogen-bond acceptors (Lipinski definition) is 2. The van der Waals surface area contributed by atoms with Gasteiger partial charge in [0.05, 0.1) is 0 Å². The van der Waals surface area contributed by atoms with Crippen LogP contribution in [0, 0.1) is 0 Å². The standard InChI is InChI=1S/C9H20N2.CH4/c1-8(2)10-9-4-6-11(3)7-5-9;/h8-10H,4-7H2,1-3H3;1H4. The van der Waals surface area contributed by atoms with Gasteiger partial charge in [0, 0.05) is 12.1 Å². The Balaban J connectivity index is 0.00000121. The van der Waals surface area contributed by atoms with Gasteiger partial charge in [-0.1, -0.05) is 21.3 Å². The van der Waals surface area contributed by atoms with E-state index >= 15 is 0 Å². The average molecular weight is 172 g/mol. The first-order valence-corrected chi connectivity index (χ1v) is 4.63. The zero-order chi connectivity index (χ0) is 8.27. The van der Waals surface area contributed by atoms with Gasteiger partial charge in [-0.25, -0.2) is 0 Å². The maximum Gasteiger partial charge on any atom is 0.00937 e. The topological polar surface area (TPSA) is 15.3 Å². The molecule has 0 saturated carbocycles. The predicted octanol–water partition coefficient (Wildman–Crippen LogP) is 1.71. The number of likely N-dealkylation sites (tertiary alicyclic amines) is 1. The second kappa shape index (κ2) is 5.55. The van der Waals surface area contributed by atoms with E-state index in [2.05, 4.69) is 31.1 Å². The van der Waals surface area contributed by atoms with Gasteiger partial charge in [0.15, 0.2) is 0 Å². The molecular weight excluding hydrogens is 148 g/mol. The molecule has 1 N–H and O–H groups in total. The Labute approximate surface area is 77.3 Å². The van der Waals surface area contributed by atoms with Crippen LogP contribution >= 0.6 is 0 Å². The molecule has 0 aromatic carbocycles. The Hall–Kier alpha value is -0.0800. The Bertz CT molecular complexity index is 104. The van der Waals surface area contributed by atoms with E-state index in [0.717, 1.165) is 6.04 Å². The van der Waals surface area contributed by atoms with Crippen LogP contribution in [0.15, 0.2) is 0 Å². The SMILES string of the molecule is C.CC(C)NC1CCN(C)CC1. The molecule has 1 aliphatic heterocycles. The number of nitrogens with one attached hydrogen (secondary N) is 1. The zero-order valence-corrected chi connectivity index (χ0v) is 7.93. The van der Waals surface area contributed by atoms with E-state index in [4.69, 9.17) is 0 Å². The summed E-state index contributed by atoms with van der Waals surface area (Å²) in [5, 5.41) is 3.58. The Morgan fingerprint density at radius 1 is 1.25 bits per heavy atom. The molecule has 74 valence electrons. The summed E-state index contributed by atoms with van der Waals surface area (Å²) in [5.41, 5.74) is 0. The molecule has 12 heavy (non-hydrogen) atoms. The molecule has 0 amide bonds. The predicted molar refractivity (Wildman–Crippen MR) is 55.5 cm³/mol. The summed E-state index contributed by atoms with van der Waals surface area (Å²) in [6, 6.07) is 1.41. The lowest BCUT2D eigenvalue weighted by Gasteiger charge is -2.30. The quantitative estimate of drug-likeness (QED) is 0.682. The van der Waals surface area contributed by atoms with E-state index in [0.29, 0.717) is 6.04 Å². The van der Waals surface area contributed by atoms with E-state index in [1.807, 2.05) is 0 Å². The average Bonchev–Trinajstić information content (AvgIpc) is 1.93. The van der Waals surface area contributed by atoms with Crippen LogP contribution in [0.4, 0.5) is 0 Å². The number of nitrogens with zero attached hydrogens (tertiary/aromatic N) is 1. The first-order chi connectivity index (χ1) is 5.18. The van der Waals surface area contributed by atoms with Crippen molar-refractivity contribution in [3.63, 3.8) is 0 Å². The van der Waals surface area contributed by atoms with Crippen molar-refractivity contribution in [1.82, 2.24) is 10.2 Å². The molecular formula is C10H24N2. The molecule has 2 nitrogen and oxygen atoms in total. The van der Waals surface area contributed by atoms with Gasteiger partial charge in [-0.3, -0.25) is 0 Å². The fourth-order valence-electron chi connectivity index (χ4n) is 1.65. The van der Waals surface area contributed by atoms with Gasteiger partial charge in [0.2, 0.25) is 0 Å². The summed E-state index contributed by atoms with van der Waals surface area (Å²) in [4.78, 5) is 2.40. The van der Waals surface area contributed by atoms with Crippen LogP contribution in [0.5, 0.6) is 0 Å². The van der Waals surface area contributed by atoms with Crippen molar-refractivity contribution in [2.45, 2.75) is 46.2 Å². The fraction of sp³-hybridized carbons (Fsp3) is 1.00. The summed E-state index contributed by atoms with van der Waals surface area (Å²) >= 11 is 0. The number of hydrogen-bond donors (Lipinski definition) is 1. The molecule has 0 spiro atoms. The molecule has 0 aromatic heterocycles. The van der Waals surface area contributed by atoms with Crippen LogP contribution in [0.25, 0.3) is 0 Å². The van der Waals surface area contributed by atoms with Crippen LogP contribution in [-0.2, 0) is 0 Å². The number of piperidine rings is 1. The monoisotopic (exact) mass is 172 g/mol. The lowest BCUT2D eigenvalue weighted by atomic mass is 10.1. The van der Waals surface area contributed by atoms with Crippen molar-refractivity contribution in [2.24, 2.45) is 0 Å². The molecule has 0 aromatic rings. The van der Waals surface area contributed by atoms with Crippen molar-refractivity contribution in [2.75, 3.05) is 20.1 Å². The Kier molecular flexibility index (Phi) is 5.51. The summed E-state index contributed by atoms with van der Waals surface area (Å²) < 4.78 is 0. The lowest BCUT2D eigenvalue weighted by Crippen LogP contribution is -2.43. The van der Waals surface area contributed by atoms with Gasteiger partial charge in [-0.05, 0) is 33.0 Å². The molecule has 2 heteroatoms. The van der Waals surface area contributed by atoms with Crippen LogP contribution in [-0.4, -0.2) is 37.1 Å². The Morgan fingerprint density at radius 2 is 1.75 bits per heavy atom. The van der Waals surface area contributed by atoms with Gasteiger partial charge in [-0.15, -0.1) is 0 Å². The summed E-state index contributed by atoms with van der Waals surface area (Å²) in [6.45, 7) is 6.95. The minimum Gasteiger partial charge on any atom is -0.312 e. The lowest BCUT2D eigenvalue weighted by molar-refractivity contribution is 0.228. The van der Waals surface area contributed by atoms with Crippen molar-refractivity contribution >= 4 is 0 Å². The largest absolute Gasteiger partial charge is 0.312 e. The first-order valence-electron chi connectivity index (χ1n) is 4.63. The molecule has 0 unspecified atom stereocenters. The maximum atomic E-state index is 3.58. The summed E-state index contributed by atoms with van der Waals surface area (Å²) in [6.07, 6.45) is 2.63. The van der Waals surface area contributed by atoms with Crippen LogP contribution in [0.2, 0.25) is 0 Å². The van der Waals surface area contributed by atoms with E-state index < -0.39 is 0 Å². The molecule has 1 saturated heterocycles. The second-order valence-electron chi connectivity index (χ2n) is 3.90. The van der Waals surface area contributed by atoms with Crippen molar-refractivity contribution < 1.29 is 0 Å². The fourth-order valence-corrected chi connectivity index (χ4v) is 1.65. The Morgan fingerprint density at radius 3 is 2.17 bits per heavy atom. The van der Waals surface area contributed by atoms with Gasteiger partial charge < -0.3 is 10.2 Å².